The first-order valence-electron chi connectivity index (χ1n) is 7.56. The number of para-hydroxylation sites is 1. The molecule has 0 spiro atoms. The van der Waals surface area contributed by atoms with Gasteiger partial charge >= 0.3 is 6.03 Å². The van der Waals surface area contributed by atoms with Gasteiger partial charge in [0.2, 0.25) is 5.88 Å². The summed E-state index contributed by atoms with van der Waals surface area (Å²) in [5, 5.41) is 2.29. The molecule has 0 radical (unpaired) electrons. The number of piperidine rings is 1. The average molecular weight is 334 g/mol. The minimum Gasteiger partial charge on any atom is -0.472 e. The number of likely N-dealkylation sites (tertiary alicyclic amines) is 1. The molecule has 2 heterocycles. The number of carbonyl (C=O) groups is 1. The zero-order valence-electron chi connectivity index (χ0n) is 12.8. The average Bonchev–Trinajstić information content (AvgIpc) is 2.59. The van der Waals surface area contributed by atoms with Crippen molar-refractivity contribution in [1.29, 1.82) is 0 Å². The maximum absolute atomic E-state index is 13.6. The largest absolute Gasteiger partial charge is 0.472 e. The third kappa shape index (κ3) is 3.76. The molecule has 1 aromatic heterocycles. The zero-order valence-corrected chi connectivity index (χ0v) is 12.8. The maximum Gasteiger partial charge on any atom is 0.322 e. The Morgan fingerprint density at radius 2 is 2.08 bits per heavy atom. The highest BCUT2D eigenvalue weighted by molar-refractivity contribution is 5.89. The SMILES string of the molecule is O=C(Nc1c(F)cccc1F)N1CCCC(Oc2ccncn2)C1. The highest BCUT2D eigenvalue weighted by Crippen LogP contribution is 2.20. The number of hydrogen-bond acceptors (Lipinski definition) is 4. The van der Waals surface area contributed by atoms with E-state index in [1.807, 2.05) is 0 Å². The number of rotatable bonds is 3. The van der Waals surface area contributed by atoms with Gasteiger partial charge in [0.25, 0.3) is 0 Å². The highest BCUT2D eigenvalue weighted by atomic mass is 19.1. The van der Waals surface area contributed by atoms with Crippen molar-refractivity contribution in [1.82, 2.24) is 14.9 Å². The van der Waals surface area contributed by atoms with Gasteiger partial charge in [-0.05, 0) is 25.0 Å². The van der Waals surface area contributed by atoms with Crippen LogP contribution in [0.5, 0.6) is 5.88 Å². The monoisotopic (exact) mass is 334 g/mol. The maximum atomic E-state index is 13.6. The van der Waals surface area contributed by atoms with E-state index >= 15 is 0 Å². The van der Waals surface area contributed by atoms with Gasteiger partial charge in [-0.2, -0.15) is 0 Å². The molecule has 24 heavy (non-hydrogen) atoms. The summed E-state index contributed by atoms with van der Waals surface area (Å²) in [5.74, 6) is -1.19. The number of aromatic nitrogens is 2. The van der Waals surface area contributed by atoms with Gasteiger partial charge < -0.3 is 15.0 Å². The summed E-state index contributed by atoms with van der Waals surface area (Å²) in [6.07, 6.45) is 4.20. The number of halogens is 2. The summed E-state index contributed by atoms with van der Waals surface area (Å²) in [6.45, 7) is 0.803. The van der Waals surface area contributed by atoms with Crippen molar-refractivity contribution in [3.05, 3.63) is 48.4 Å². The molecule has 3 rings (SSSR count). The molecule has 0 aliphatic carbocycles. The Hall–Kier alpha value is -2.77. The lowest BCUT2D eigenvalue weighted by atomic mass is 10.1. The number of nitrogens with one attached hydrogen (secondary N) is 1. The van der Waals surface area contributed by atoms with Crippen molar-refractivity contribution in [3.8, 4) is 5.88 Å². The first kappa shape index (κ1) is 16.1. The third-order valence-corrected chi connectivity index (χ3v) is 3.70. The summed E-state index contributed by atoms with van der Waals surface area (Å²) >= 11 is 0. The van der Waals surface area contributed by atoms with Crippen molar-refractivity contribution in [3.63, 3.8) is 0 Å². The lowest BCUT2D eigenvalue weighted by molar-refractivity contribution is 0.102. The van der Waals surface area contributed by atoms with Crippen LogP contribution in [0.1, 0.15) is 12.8 Å². The van der Waals surface area contributed by atoms with Crippen LogP contribution in [0.25, 0.3) is 0 Å². The Bertz CT molecular complexity index is 694. The summed E-state index contributed by atoms with van der Waals surface area (Å²) in [5.41, 5.74) is -0.443. The van der Waals surface area contributed by atoms with Gasteiger partial charge in [-0.1, -0.05) is 6.07 Å². The number of hydrogen-bond donors (Lipinski definition) is 1. The van der Waals surface area contributed by atoms with Crippen LogP contribution in [-0.4, -0.2) is 40.1 Å². The summed E-state index contributed by atoms with van der Waals surface area (Å²) in [4.78, 5) is 21.5. The van der Waals surface area contributed by atoms with Crippen LogP contribution in [0, 0.1) is 11.6 Å². The molecule has 8 heteroatoms. The molecule has 1 atom stereocenters. The Morgan fingerprint density at radius 3 is 2.79 bits per heavy atom. The molecular weight excluding hydrogens is 318 g/mol. The first-order valence-corrected chi connectivity index (χ1v) is 7.56. The Morgan fingerprint density at radius 1 is 1.29 bits per heavy atom. The van der Waals surface area contributed by atoms with Crippen LogP contribution in [0.15, 0.2) is 36.8 Å². The van der Waals surface area contributed by atoms with E-state index in [9.17, 15) is 13.6 Å². The van der Waals surface area contributed by atoms with E-state index in [4.69, 9.17) is 4.74 Å². The van der Waals surface area contributed by atoms with Crippen LogP contribution in [0.4, 0.5) is 19.3 Å². The van der Waals surface area contributed by atoms with Crippen LogP contribution < -0.4 is 10.1 Å². The van der Waals surface area contributed by atoms with Gasteiger partial charge in [-0.3, -0.25) is 0 Å². The number of nitrogens with zero attached hydrogens (tertiary/aromatic N) is 3. The van der Waals surface area contributed by atoms with E-state index in [0.717, 1.165) is 25.0 Å². The zero-order chi connectivity index (χ0) is 16.9. The second kappa shape index (κ2) is 7.20. The minimum atomic E-state index is -0.811. The van der Waals surface area contributed by atoms with Crippen molar-refractivity contribution in [2.24, 2.45) is 0 Å². The molecular formula is C16H16F2N4O2. The van der Waals surface area contributed by atoms with Crippen LogP contribution >= 0.6 is 0 Å². The van der Waals surface area contributed by atoms with Crippen molar-refractivity contribution >= 4 is 11.7 Å². The molecule has 1 fully saturated rings. The topological polar surface area (TPSA) is 67.4 Å². The van der Waals surface area contributed by atoms with E-state index in [1.54, 1.807) is 12.3 Å². The highest BCUT2D eigenvalue weighted by Gasteiger charge is 2.26. The lowest BCUT2D eigenvalue weighted by Gasteiger charge is -2.32. The standard InChI is InChI=1S/C16H16F2N4O2/c17-12-4-1-5-13(18)15(12)21-16(23)22-8-2-3-11(9-22)24-14-6-7-19-10-20-14/h1,4-7,10-11H,2-3,8-9H2,(H,21,23). The van der Waals surface area contributed by atoms with E-state index in [1.165, 1.54) is 17.3 Å². The number of amides is 2. The van der Waals surface area contributed by atoms with Gasteiger partial charge in [0, 0.05) is 18.8 Å². The quantitative estimate of drug-likeness (QED) is 0.937. The van der Waals surface area contributed by atoms with Crippen LogP contribution in [-0.2, 0) is 0 Å². The molecule has 1 aliphatic heterocycles. The second-order valence-electron chi connectivity index (χ2n) is 5.40. The molecule has 1 N–H and O–H groups in total. The molecule has 6 nitrogen and oxygen atoms in total. The number of anilines is 1. The predicted molar refractivity (Wildman–Crippen MR) is 82.6 cm³/mol. The molecule has 2 aromatic rings. The van der Waals surface area contributed by atoms with Gasteiger partial charge in [-0.25, -0.2) is 23.5 Å². The van der Waals surface area contributed by atoms with Gasteiger partial charge in [0.05, 0.1) is 6.54 Å². The van der Waals surface area contributed by atoms with E-state index in [-0.39, 0.29) is 6.10 Å². The van der Waals surface area contributed by atoms with Gasteiger partial charge in [0.1, 0.15) is 29.8 Å². The number of urea groups is 1. The number of carbonyl (C=O) groups excluding carboxylic acids is 1. The van der Waals surface area contributed by atoms with E-state index < -0.39 is 23.4 Å². The summed E-state index contributed by atoms with van der Waals surface area (Å²) in [6, 6.07) is 4.50. The predicted octanol–water partition coefficient (Wildman–Crippen LogP) is 2.83. The fourth-order valence-corrected chi connectivity index (χ4v) is 2.54. The molecule has 0 saturated carbocycles. The first-order chi connectivity index (χ1) is 11.6. The molecule has 1 unspecified atom stereocenters. The van der Waals surface area contributed by atoms with Crippen LogP contribution in [0.2, 0.25) is 0 Å². The fraction of sp³-hybridized carbons (Fsp3) is 0.312. The normalized spacial score (nSPS) is 17.4. The summed E-state index contributed by atoms with van der Waals surface area (Å²) in [7, 11) is 0. The molecule has 1 aromatic carbocycles. The number of benzene rings is 1. The minimum absolute atomic E-state index is 0.232. The molecule has 1 saturated heterocycles. The Kier molecular flexibility index (Phi) is 4.83. The molecule has 2 amide bonds. The van der Waals surface area contributed by atoms with Crippen LogP contribution in [0.3, 0.4) is 0 Å². The van der Waals surface area contributed by atoms with Gasteiger partial charge in [-0.15, -0.1) is 0 Å². The van der Waals surface area contributed by atoms with E-state index in [0.29, 0.717) is 19.0 Å². The smallest absolute Gasteiger partial charge is 0.322 e. The molecule has 1 aliphatic rings. The van der Waals surface area contributed by atoms with E-state index in [2.05, 4.69) is 15.3 Å². The molecule has 0 bridgehead atoms. The lowest BCUT2D eigenvalue weighted by Crippen LogP contribution is -2.46. The fourth-order valence-electron chi connectivity index (χ4n) is 2.54. The third-order valence-electron chi connectivity index (χ3n) is 3.70. The van der Waals surface area contributed by atoms with Gasteiger partial charge in [0.15, 0.2) is 0 Å². The number of ether oxygens (including phenoxy) is 1. The Labute approximate surface area is 137 Å². The van der Waals surface area contributed by atoms with Crippen molar-refractivity contribution in [2.45, 2.75) is 18.9 Å². The molecule has 126 valence electrons. The second-order valence-corrected chi connectivity index (χ2v) is 5.40. The summed E-state index contributed by atoms with van der Waals surface area (Å²) < 4.78 is 33.0. The van der Waals surface area contributed by atoms with Crippen molar-refractivity contribution < 1.29 is 18.3 Å². The van der Waals surface area contributed by atoms with Crippen molar-refractivity contribution in [2.75, 3.05) is 18.4 Å². The Balaban J connectivity index is 1.63.